The number of benzene rings is 1. The minimum absolute atomic E-state index is 0.0946. The second-order valence-electron chi connectivity index (χ2n) is 6.77. The maximum absolute atomic E-state index is 8.52. The Morgan fingerprint density at radius 3 is 2.43 bits per heavy atom. The summed E-state index contributed by atoms with van der Waals surface area (Å²) in [6.45, 7) is 7.62. The Labute approximate surface area is 139 Å². The van der Waals surface area contributed by atoms with Gasteiger partial charge >= 0.3 is 0 Å². The number of aromatic amines is 1. The highest BCUT2D eigenvalue weighted by Crippen LogP contribution is 2.24. The smallest absolute Gasteiger partial charge is 0.0928 e. The molecule has 1 aliphatic rings. The molecule has 0 unspecified atom stereocenters. The van der Waals surface area contributed by atoms with Gasteiger partial charge in [0.15, 0.2) is 0 Å². The third-order valence-electron chi connectivity index (χ3n) is 3.75. The van der Waals surface area contributed by atoms with Gasteiger partial charge in [0.1, 0.15) is 0 Å². The molecule has 23 heavy (non-hydrogen) atoms. The van der Waals surface area contributed by atoms with Crippen molar-refractivity contribution in [2.75, 3.05) is 13.1 Å². The Bertz CT molecular complexity index is 754. The van der Waals surface area contributed by atoms with Crippen LogP contribution >= 0.6 is 0 Å². The first kappa shape index (κ1) is 14.1. The quantitative estimate of drug-likeness (QED) is 0.798. The Hall–Kier alpha value is -2.49. The van der Waals surface area contributed by atoms with Gasteiger partial charge in [0, 0.05) is 16.8 Å². The van der Waals surface area contributed by atoms with Crippen LogP contribution in [0.1, 0.15) is 39.1 Å². The van der Waals surface area contributed by atoms with E-state index in [1.54, 1.807) is 6.33 Å². The number of aromatic nitrogens is 2. The predicted octanol–water partition coefficient (Wildman–Crippen LogP) is 3.28. The zero-order valence-electron chi connectivity index (χ0n) is 14.9. The van der Waals surface area contributed by atoms with Crippen LogP contribution in [0.2, 0.25) is 0 Å². The molecule has 1 aliphatic heterocycles. The molecule has 0 radical (unpaired) electrons. The Morgan fingerprint density at radius 2 is 1.78 bits per heavy atom. The molecule has 0 aliphatic carbocycles. The van der Waals surface area contributed by atoms with Crippen LogP contribution in [-0.4, -0.2) is 23.1 Å². The summed E-state index contributed by atoms with van der Waals surface area (Å²) in [5, 5.41) is 6.77. The minimum Gasteiger partial charge on any atom is -0.381 e. The Balaban J connectivity index is 1.78. The molecule has 1 aromatic carbocycles. The molecular weight excluding hydrogens is 284 g/mol. The van der Waals surface area contributed by atoms with Crippen molar-refractivity contribution in [3.63, 3.8) is 0 Å². The summed E-state index contributed by atoms with van der Waals surface area (Å²) < 4.78 is 8.52. The normalized spacial score (nSPS) is 19.8. The van der Waals surface area contributed by atoms with Crippen molar-refractivity contribution in [2.45, 2.75) is 26.2 Å². The molecule has 4 nitrogen and oxygen atoms in total. The minimum atomic E-state index is -0.0946. The predicted molar refractivity (Wildman–Crippen MR) is 95.7 cm³/mol. The molecule has 2 aromatic rings. The largest absolute Gasteiger partial charge is 0.381 e. The summed E-state index contributed by atoms with van der Waals surface area (Å²) >= 11 is 0. The fraction of sp³-hybridized carbons (Fsp3) is 0.316. The van der Waals surface area contributed by atoms with Crippen LogP contribution in [0.25, 0.3) is 12.1 Å². The average Bonchev–Trinajstić information content (AvgIpc) is 3.06. The first-order chi connectivity index (χ1) is 11.4. The first-order valence-electron chi connectivity index (χ1n) is 8.42. The van der Waals surface area contributed by atoms with Crippen LogP contribution < -0.4 is 10.6 Å². The lowest BCUT2D eigenvalue weighted by molar-refractivity contribution is 0.571. The van der Waals surface area contributed by atoms with Crippen molar-refractivity contribution < 1.29 is 1.37 Å². The van der Waals surface area contributed by atoms with E-state index in [4.69, 9.17) is 1.37 Å². The lowest BCUT2D eigenvalue weighted by Crippen LogP contribution is -2.36. The van der Waals surface area contributed by atoms with E-state index in [-0.39, 0.29) is 5.41 Å². The summed E-state index contributed by atoms with van der Waals surface area (Å²) in [4.78, 5) is 7.53. The summed E-state index contributed by atoms with van der Waals surface area (Å²) in [6, 6.07) is 10.7. The number of hydrogen-bond acceptors (Lipinski definition) is 3. The van der Waals surface area contributed by atoms with E-state index in [9.17, 15) is 0 Å². The van der Waals surface area contributed by atoms with Gasteiger partial charge in [-0.2, -0.15) is 0 Å². The molecule has 2 heterocycles. The fourth-order valence-electron chi connectivity index (χ4n) is 2.58. The number of hydrogen-bond donors (Lipinski definition) is 3. The van der Waals surface area contributed by atoms with Gasteiger partial charge in [-0.15, -0.1) is 0 Å². The first-order valence-corrected chi connectivity index (χ1v) is 7.92. The van der Waals surface area contributed by atoms with E-state index in [0.29, 0.717) is 19.1 Å². The highest BCUT2D eigenvalue weighted by Gasteiger charge is 2.20. The van der Waals surface area contributed by atoms with Crippen LogP contribution in [-0.2, 0) is 5.41 Å². The van der Waals surface area contributed by atoms with Gasteiger partial charge in [-0.1, -0.05) is 51.1 Å². The Morgan fingerprint density at radius 1 is 1.09 bits per heavy atom. The van der Waals surface area contributed by atoms with Gasteiger partial charge in [-0.05, 0) is 17.7 Å². The zero-order valence-corrected chi connectivity index (χ0v) is 13.9. The third-order valence-corrected chi connectivity index (χ3v) is 3.75. The lowest BCUT2D eigenvalue weighted by atomic mass is 9.90. The van der Waals surface area contributed by atoms with Crippen molar-refractivity contribution in [2.24, 2.45) is 0 Å². The molecule has 120 valence electrons. The highest BCUT2D eigenvalue weighted by molar-refractivity contribution is 5.56. The van der Waals surface area contributed by atoms with E-state index in [2.05, 4.69) is 59.6 Å². The molecule has 0 spiro atoms. The molecule has 0 bridgehead atoms. The van der Waals surface area contributed by atoms with Crippen LogP contribution in [0, 0.1) is 0 Å². The SMILES string of the molecule is [2H]/C(=C1\CN/C(=C\c2ccccc2)CN1)c1[nH]cnc1C(C)(C)C. The van der Waals surface area contributed by atoms with E-state index in [1.165, 1.54) is 5.56 Å². The molecule has 3 N–H and O–H groups in total. The van der Waals surface area contributed by atoms with Crippen LogP contribution in [0.3, 0.4) is 0 Å². The number of nitrogens with zero attached hydrogens (tertiary/aromatic N) is 1. The highest BCUT2D eigenvalue weighted by atomic mass is 15.0. The van der Waals surface area contributed by atoms with Gasteiger partial charge < -0.3 is 15.6 Å². The van der Waals surface area contributed by atoms with Crippen LogP contribution in [0.15, 0.2) is 48.1 Å². The number of H-pyrrole nitrogens is 1. The van der Waals surface area contributed by atoms with E-state index < -0.39 is 0 Å². The van der Waals surface area contributed by atoms with Gasteiger partial charge in [0.05, 0.1) is 32.2 Å². The molecule has 0 saturated carbocycles. The van der Waals surface area contributed by atoms with Gasteiger partial charge in [-0.3, -0.25) is 0 Å². The number of piperazine rings is 1. The molecule has 1 saturated heterocycles. The van der Waals surface area contributed by atoms with Crippen molar-refractivity contribution in [3.05, 3.63) is 65.0 Å². The van der Waals surface area contributed by atoms with Crippen LogP contribution in [0.5, 0.6) is 0 Å². The molecule has 1 fully saturated rings. The van der Waals surface area contributed by atoms with Gasteiger partial charge in [0.2, 0.25) is 0 Å². The maximum Gasteiger partial charge on any atom is 0.0928 e. The second kappa shape index (κ2) is 6.32. The number of nitrogens with one attached hydrogen (secondary N) is 3. The molecule has 3 rings (SSSR count). The maximum atomic E-state index is 8.52. The van der Waals surface area contributed by atoms with Crippen LogP contribution in [0.4, 0.5) is 0 Å². The average molecular weight is 309 g/mol. The van der Waals surface area contributed by atoms with Crippen molar-refractivity contribution in [1.82, 2.24) is 20.6 Å². The van der Waals surface area contributed by atoms with Crippen molar-refractivity contribution in [1.29, 1.82) is 0 Å². The molecular formula is C19H24N4. The summed E-state index contributed by atoms with van der Waals surface area (Å²) in [6.07, 6.45) is 3.80. The molecule has 0 amide bonds. The summed E-state index contributed by atoms with van der Waals surface area (Å²) in [7, 11) is 0. The van der Waals surface area contributed by atoms with Gasteiger partial charge in [0.25, 0.3) is 0 Å². The summed E-state index contributed by atoms with van der Waals surface area (Å²) in [5.74, 6) is 0. The van der Waals surface area contributed by atoms with Gasteiger partial charge in [-0.25, -0.2) is 4.98 Å². The monoisotopic (exact) mass is 309 g/mol. The zero-order chi connectivity index (χ0) is 17.2. The molecule has 4 heteroatoms. The lowest BCUT2D eigenvalue weighted by Gasteiger charge is -2.23. The van der Waals surface area contributed by atoms with Crippen molar-refractivity contribution >= 4 is 12.1 Å². The standard InChI is InChI=1S/C19H24N4/c1-19(2,3)18-17(22-13-23-18)10-16-12-20-15(11-21-16)9-14-7-5-4-6-8-14/h4-10,13,20-21H,11-12H2,1-3H3,(H,22,23)/b15-9-,16-10-/i10D. The second-order valence-corrected chi connectivity index (χ2v) is 6.77. The number of rotatable bonds is 2. The topological polar surface area (TPSA) is 52.7 Å². The van der Waals surface area contributed by atoms with E-state index in [1.807, 2.05) is 18.2 Å². The van der Waals surface area contributed by atoms with E-state index >= 15 is 0 Å². The van der Waals surface area contributed by atoms with E-state index in [0.717, 1.165) is 22.8 Å². The molecule has 0 atom stereocenters. The Kier molecular flexibility index (Phi) is 3.88. The third kappa shape index (κ3) is 3.83. The van der Waals surface area contributed by atoms with Crippen molar-refractivity contribution in [3.8, 4) is 0 Å². The fourth-order valence-corrected chi connectivity index (χ4v) is 2.58. The summed E-state index contributed by atoms with van der Waals surface area (Å²) in [5.41, 5.74) is 4.80. The molecule has 1 aromatic heterocycles. The number of imidazole rings is 1.